The van der Waals surface area contributed by atoms with Crippen molar-refractivity contribution in [3.05, 3.63) is 81.2 Å². The number of cyclic esters (lactones) is 1. The molecule has 0 radical (unpaired) electrons. The first-order chi connectivity index (χ1) is 16.6. The summed E-state index contributed by atoms with van der Waals surface area (Å²) in [5, 5.41) is 0. The molecule has 2 aliphatic carbocycles. The van der Waals surface area contributed by atoms with Crippen molar-refractivity contribution in [2.24, 2.45) is 21.7 Å². The van der Waals surface area contributed by atoms with Crippen molar-refractivity contribution in [1.82, 2.24) is 0 Å². The van der Waals surface area contributed by atoms with Crippen LogP contribution >= 0.6 is 0 Å². The third-order valence-electron chi connectivity index (χ3n) is 6.76. The van der Waals surface area contributed by atoms with Crippen molar-refractivity contribution in [1.29, 1.82) is 0 Å². The molecule has 37 heavy (non-hydrogen) atoms. The minimum atomic E-state index is -0.448. The lowest BCUT2D eigenvalue weighted by Crippen LogP contribution is -2.28. The standard InChI is InChI=1S/C33H42O4/c1-30(2,3)22-14-19(15-23(27(22)34)31(4,5)6)13-21-18-26(37-29(21)36)20-16-24(32(7,8)9)28(35)25(17-20)33(10,11)12/h13-18H,1-12H3. The maximum absolute atomic E-state index is 13.3. The van der Waals surface area contributed by atoms with Crippen LogP contribution in [0.5, 0.6) is 0 Å². The van der Waals surface area contributed by atoms with Crippen LogP contribution < -0.4 is 0 Å². The Hall–Kier alpha value is -3.01. The fourth-order valence-corrected chi connectivity index (χ4v) is 4.54. The summed E-state index contributed by atoms with van der Waals surface area (Å²) in [5.41, 5.74) is 3.35. The molecule has 0 saturated carbocycles. The van der Waals surface area contributed by atoms with Crippen LogP contribution in [0.1, 0.15) is 83.1 Å². The van der Waals surface area contributed by atoms with Gasteiger partial charge in [0.15, 0.2) is 11.6 Å². The van der Waals surface area contributed by atoms with Gasteiger partial charge in [-0.25, -0.2) is 4.79 Å². The topological polar surface area (TPSA) is 60.4 Å². The number of ether oxygens (including phenoxy) is 1. The van der Waals surface area contributed by atoms with Crippen LogP contribution in [0.3, 0.4) is 0 Å². The van der Waals surface area contributed by atoms with E-state index in [2.05, 4.69) is 0 Å². The minimum absolute atomic E-state index is 0.0339. The molecule has 0 aromatic carbocycles. The fourth-order valence-electron chi connectivity index (χ4n) is 4.54. The van der Waals surface area contributed by atoms with Crippen LogP contribution in [0.2, 0.25) is 0 Å². The Morgan fingerprint density at radius 2 is 0.892 bits per heavy atom. The van der Waals surface area contributed by atoms with Crippen LogP contribution in [0.25, 0.3) is 0 Å². The monoisotopic (exact) mass is 502 g/mol. The summed E-state index contributed by atoms with van der Waals surface area (Å²) in [5.74, 6) is 0.0671. The molecule has 0 atom stereocenters. The van der Waals surface area contributed by atoms with Gasteiger partial charge in [-0.1, -0.05) is 83.1 Å². The number of allylic oxidation sites excluding steroid dienone is 11. The van der Waals surface area contributed by atoms with E-state index in [4.69, 9.17) is 4.74 Å². The molecule has 0 bridgehead atoms. The predicted molar refractivity (Wildman–Crippen MR) is 149 cm³/mol. The Bertz CT molecular complexity index is 1210. The highest BCUT2D eigenvalue weighted by molar-refractivity contribution is 6.13. The second-order valence-corrected chi connectivity index (χ2v) is 14.3. The van der Waals surface area contributed by atoms with Gasteiger partial charge in [0.1, 0.15) is 5.76 Å². The van der Waals surface area contributed by atoms with Gasteiger partial charge < -0.3 is 4.74 Å². The van der Waals surface area contributed by atoms with Crippen LogP contribution in [0, 0.1) is 21.7 Å². The Labute approximate surface area is 222 Å². The van der Waals surface area contributed by atoms with Crippen molar-refractivity contribution in [2.45, 2.75) is 83.1 Å². The smallest absolute Gasteiger partial charge is 0.343 e. The molecule has 4 heteroatoms. The van der Waals surface area contributed by atoms with Crippen molar-refractivity contribution < 1.29 is 19.1 Å². The molecule has 0 unspecified atom stereocenters. The normalized spacial score (nSPS) is 19.8. The van der Waals surface area contributed by atoms with Crippen molar-refractivity contribution in [3.63, 3.8) is 0 Å². The largest absolute Gasteiger partial charge is 0.422 e. The number of hydrogen-bond acceptors (Lipinski definition) is 4. The summed E-state index contributed by atoms with van der Waals surface area (Å²) < 4.78 is 5.72. The first-order valence-corrected chi connectivity index (χ1v) is 13.0. The van der Waals surface area contributed by atoms with E-state index in [1.807, 2.05) is 107 Å². The molecule has 3 aliphatic rings. The van der Waals surface area contributed by atoms with Gasteiger partial charge in [0.25, 0.3) is 0 Å². The summed E-state index contributed by atoms with van der Waals surface area (Å²) in [6.45, 7) is 24.2. The van der Waals surface area contributed by atoms with Gasteiger partial charge >= 0.3 is 5.97 Å². The molecule has 0 fully saturated rings. The summed E-state index contributed by atoms with van der Waals surface area (Å²) in [7, 11) is 0. The van der Waals surface area contributed by atoms with E-state index < -0.39 is 5.97 Å². The Balaban J connectivity index is 2.19. The molecular formula is C33H42O4. The second-order valence-electron chi connectivity index (χ2n) is 14.3. The molecular weight excluding hydrogens is 460 g/mol. The minimum Gasteiger partial charge on any atom is -0.422 e. The van der Waals surface area contributed by atoms with Gasteiger partial charge in [0.05, 0.1) is 5.57 Å². The summed E-state index contributed by atoms with van der Waals surface area (Å²) in [6.07, 6.45) is 11.0. The maximum atomic E-state index is 13.3. The zero-order valence-corrected chi connectivity index (χ0v) is 24.6. The van der Waals surface area contributed by atoms with Crippen LogP contribution in [0.15, 0.2) is 81.2 Å². The average Bonchev–Trinajstić information content (AvgIpc) is 3.06. The van der Waals surface area contributed by atoms with E-state index in [1.54, 1.807) is 12.2 Å². The lowest BCUT2D eigenvalue weighted by molar-refractivity contribution is -0.132. The van der Waals surface area contributed by atoms with E-state index in [0.29, 0.717) is 28.1 Å². The number of ketones is 2. The third-order valence-corrected chi connectivity index (χ3v) is 6.76. The number of esters is 1. The summed E-state index contributed by atoms with van der Waals surface area (Å²) in [4.78, 5) is 39.5. The number of carbonyl (C=O) groups is 3. The quantitative estimate of drug-likeness (QED) is 0.345. The molecule has 1 heterocycles. The molecule has 4 nitrogen and oxygen atoms in total. The molecule has 0 saturated heterocycles. The first kappa shape index (κ1) is 28.6. The summed E-state index contributed by atoms with van der Waals surface area (Å²) in [6, 6.07) is 0. The van der Waals surface area contributed by atoms with Gasteiger partial charge in [-0.05, 0) is 63.7 Å². The van der Waals surface area contributed by atoms with Crippen molar-refractivity contribution >= 4 is 17.5 Å². The third kappa shape index (κ3) is 5.95. The first-order valence-electron chi connectivity index (χ1n) is 13.0. The van der Waals surface area contributed by atoms with E-state index in [1.165, 1.54) is 0 Å². The Morgan fingerprint density at radius 3 is 1.24 bits per heavy atom. The number of rotatable bonds is 1. The molecule has 0 amide bonds. The van der Waals surface area contributed by atoms with E-state index >= 15 is 0 Å². The lowest BCUT2D eigenvalue weighted by Gasteiger charge is -2.31. The predicted octanol–water partition coefficient (Wildman–Crippen LogP) is 7.71. The molecule has 0 aromatic heterocycles. The van der Waals surface area contributed by atoms with Gasteiger partial charge in [0.2, 0.25) is 0 Å². The van der Waals surface area contributed by atoms with Gasteiger partial charge in [-0.15, -0.1) is 0 Å². The molecule has 3 rings (SSSR count). The molecule has 0 aromatic rings. The SMILES string of the molecule is CC(C)(C)C1=CC(=CC2=CC(=C3C=C(C(C)(C)C)C(=O)C(C(C)(C)C)=C3)OC2=O)C=C(C(C)(C)C)C1=O. The number of hydrogen-bond donors (Lipinski definition) is 0. The average molecular weight is 503 g/mol. The van der Waals surface area contributed by atoms with Crippen LogP contribution in [0.4, 0.5) is 0 Å². The molecule has 198 valence electrons. The van der Waals surface area contributed by atoms with E-state index in [0.717, 1.165) is 16.7 Å². The lowest BCUT2D eigenvalue weighted by atomic mass is 9.71. The van der Waals surface area contributed by atoms with Crippen LogP contribution in [-0.4, -0.2) is 17.5 Å². The second kappa shape index (κ2) is 9.08. The number of carbonyl (C=O) groups excluding carboxylic acids is 3. The Kier molecular flexibility index (Phi) is 7.01. The highest BCUT2D eigenvalue weighted by Crippen LogP contribution is 2.42. The zero-order chi connectivity index (χ0) is 28.3. The van der Waals surface area contributed by atoms with Crippen molar-refractivity contribution in [2.75, 3.05) is 0 Å². The molecule has 0 spiro atoms. The van der Waals surface area contributed by atoms with Gasteiger partial charge in [-0.3, -0.25) is 9.59 Å². The highest BCUT2D eigenvalue weighted by atomic mass is 16.5. The zero-order valence-electron chi connectivity index (χ0n) is 24.6. The molecule has 0 N–H and O–H groups in total. The van der Waals surface area contributed by atoms with Crippen molar-refractivity contribution in [3.8, 4) is 0 Å². The van der Waals surface area contributed by atoms with Gasteiger partial charge in [-0.2, -0.15) is 0 Å². The fraction of sp³-hybridized carbons (Fsp3) is 0.485. The maximum Gasteiger partial charge on any atom is 0.343 e. The molecule has 1 aliphatic heterocycles. The summed E-state index contributed by atoms with van der Waals surface area (Å²) >= 11 is 0. The van der Waals surface area contributed by atoms with E-state index in [-0.39, 0.29) is 33.2 Å². The highest BCUT2D eigenvalue weighted by Gasteiger charge is 2.36. The van der Waals surface area contributed by atoms with Crippen LogP contribution in [-0.2, 0) is 19.1 Å². The number of Topliss-reactive ketones (excluding diaryl/α,β-unsaturated/α-hetero) is 2. The Morgan fingerprint density at radius 1 is 0.541 bits per heavy atom. The van der Waals surface area contributed by atoms with Gasteiger partial charge in [0, 0.05) is 27.9 Å². The van der Waals surface area contributed by atoms with E-state index in [9.17, 15) is 14.4 Å².